The third-order valence-electron chi connectivity index (χ3n) is 2.64. The first-order chi connectivity index (χ1) is 10.0. The van der Waals surface area contributed by atoms with Crippen LogP contribution in [-0.2, 0) is 9.59 Å². The Balaban J connectivity index is 2.15. The van der Waals surface area contributed by atoms with Gasteiger partial charge in [0.15, 0.2) is 0 Å². The van der Waals surface area contributed by atoms with Gasteiger partial charge in [0.25, 0.3) is 0 Å². The van der Waals surface area contributed by atoms with E-state index in [0.717, 1.165) is 0 Å². The third kappa shape index (κ3) is 7.20. The fourth-order valence-electron chi connectivity index (χ4n) is 1.59. The van der Waals surface area contributed by atoms with Crippen molar-refractivity contribution in [3.05, 3.63) is 28.2 Å². The molecule has 5 nitrogen and oxygen atoms in total. The predicted octanol–water partition coefficient (Wildman–Crippen LogP) is 2.53. The molecule has 0 aliphatic carbocycles. The summed E-state index contributed by atoms with van der Waals surface area (Å²) in [7, 11) is 0. The largest absolute Gasteiger partial charge is 0.492 e. The summed E-state index contributed by atoms with van der Waals surface area (Å²) in [5, 5.41) is 3.51. The smallest absolute Gasteiger partial charge is 0.220 e. The van der Waals surface area contributed by atoms with Crippen molar-refractivity contribution in [3.63, 3.8) is 0 Å². The SMILES string of the molecule is NC(=O)CCCNC(=O)CCCOc1cccc(Cl)c1Cl. The number of rotatable bonds is 9. The molecule has 0 radical (unpaired) electrons. The van der Waals surface area contributed by atoms with Gasteiger partial charge >= 0.3 is 0 Å². The highest BCUT2D eigenvalue weighted by Gasteiger charge is 2.06. The van der Waals surface area contributed by atoms with E-state index in [1.165, 1.54) is 0 Å². The Labute approximate surface area is 133 Å². The van der Waals surface area contributed by atoms with Crippen LogP contribution in [0.25, 0.3) is 0 Å². The summed E-state index contributed by atoms with van der Waals surface area (Å²) in [4.78, 5) is 22.0. The molecule has 2 amide bonds. The van der Waals surface area contributed by atoms with E-state index in [9.17, 15) is 9.59 Å². The number of hydrogen-bond acceptors (Lipinski definition) is 3. The van der Waals surface area contributed by atoms with Crippen LogP contribution in [0.1, 0.15) is 25.7 Å². The number of carbonyl (C=O) groups excluding carboxylic acids is 2. The van der Waals surface area contributed by atoms with E-state index in [-0.39, 0.29) is 18.2 Å². The van der Waals surface area contributed by atoms with Crippen LogP contribution in [0.15, 0.2) is 18.2 Å². The van der Waals surface area contributed by atoms with Crippen molar-refractivity contribution < 1.29 is 14.3 Å². The van der Waals surface area contributed by atoms with Crippen LogP contribution >= 0.6 is 23.2 Å². The lowest BCUT2D eigenvalue weighted by molar-refractivity contribution is -0.122. The molecular formula is C14H18Cl2N2O3. The van der Waals surface area contributed by atoms with Gasteiger partial charge in [-0.15, -0.1) is 0 Å². The second-order valence-corrected chi connectivity index (χ2v) is 5.21. The maximum absolute atomic E-state index is 11.5. The fourth-order valence-corrected chi connectivity index (χ4v) is 1.94. The standard InChI is InChI=1S/C14H18Cl2N2O3/c15-10-4-1-5-11(14(10)16)21-9-3-7-13(20)18-8-2-6-12(17)19/h1,4-5H,2-3,6-9H2,(H2,17,19)(H,18,20). The second-order valence-electron chi connectivity index (χ2n) is 4.42. The quantitative estimate of drug-likeness (QED) is 0.682. The van der Waals surface area contributed by atoms with Gasteiger partial charge in [0.1, 0.15) is 10.8 Å². The minimum absolute atomic E-state index is 0.0831. The van der Waals surface area contributed by atoms with E-state index in [0.29, 0.717) is 48.2 Å². The molecule has 0 aromatic heterocycles. The van der Waals surface area contributed by atoms with Crippen LogP contribution in [0.4, 0.5) is 0 Å². The lowest BCUT2D eigenvalue weighted by Crippen LogP contribution is -2.25. The van der Waals surface area contributed by atoms with E-state index in [1.807, 2.05) is 0 Å². The van der Waals surface area contributed by atoms with Crippen LogP contribution in [0, 0.1) is 0 Å². The highest BCUT2D eigenvalue weighted by molar-refractivity contribution is 6.42. The fraction of sp³-hybridized carbons (Fsp3) is 0.429. The average molecular weight is 333 g/mol. The molecule has 3 N–H and O–H groups in total. The molecule has 0 bridgehead atoms. The van der Waals surface area contributed by atoms with E-state index < -0.39 is 0 Å². The Morgan fingerprint density at radius 3 is 2.67 bits per heavy atom. The Morgan fingerprint density at radius 2 is 1.95 bits per heavy atom. The highest BCUT2D eigenvalue weighted by atomic mass is 35.5. The predicted molar refractivity (Wildman–Crippen MR) is 82.6 cm³/mol. The van der Waals surface area contributed by atoms with Gasteiger partial charge in [-0.3, -0.25) is 9.59 Å². The van der Waals surface area contributed by atoms with Crippen LogP contribution in [-0.4, -0.2) is 25.0 Å². The van der Waals surface area contributed by atoms with Crippen LogP contribution in [0.2, 0.25) is 10.0 Å². The minimum atomic E-state index is -0.365. The molecule has 1 aromatic rings. The van der Waals surface area contributed by atoms with E-state index in [4.69, 9.17) is 33.7 Å². The molecule has 21 heavy (non-hydrogen) atoms. The number of halogens is 2. The van der Waals surface area contributed by atoms with E-state index in [2.05, 4.69) is 5.32 Å². The summed E-state index contributed by atoms with van der Waals surface area (Å²) in [6.45, 7) is 0.817. The maximum atomic E-state index is 11.5. The summed E-state index contributed by atoms with van der Waals surface area (Å²) in [5.41, 5.74) is 5.00. The molecule has 116 valence electrons. The average Bonchev–Trinajstić information content (AvgIpc) is 2.44. The second kappa shape index (κ2) is 9.47. The molecule has 7 heteroatoms. The van der Waals surface area contributed by atoms with Crippen LogP contribution < -0.4 is 15.8 Å². The number of ether oxygens (including phenoxy) is 1. The number of primary amides is 1. The molecule has 0 heterocycles. The molecule has 0 spiro atoms. The Bertz CT molecular complexity index is 495. The number of nitrogens with one attached hydrogen (secondary N) is 1. The zero-order valence-electron chi connectivity index (χ0n) is 11.5. The third-order valence-corrected chi connectivity index (χ3v) is 3.45. The van der Waals surface area contributed by atoms with Crippen molar-refractivity contribution in [3.8, 4) is 5.75 Å². The monoisotopic (exact) mass is 332 g/mol. The molecule has 0 atom stereocenters. The molecule has 0 fully saturated rings. The Hall–Kier alpha value is -1.46. The molecule has 1 aromatic carbocycles. The molecular weight excluding hydrogens is 315 g/mol. The maximum Gasteiger partial charge on any atom is 0.220 e. The van der Waals surface area contributed by atoms with Gasteiger partial charge in [0.2, 0.25) is 11.8 Å². The van der Waals surface area contributed by atoms with E-state index in [1.54, 1.807) is 18.2 Å². The molecule has 0 saturated carbocycles. The van der Waals surface area contributed by atoms with E-state index >= 15 is 0 Å². The lowest BCUT2D eigenvalue weighted by atomic mass is 10.2. The van der Waals surface area contributed by atoms with Gasteiger partial charge in [0.05, 0.1) is 11.6 Å². The lowest BCUT2D eigenvalue weighted by Gasteiger charge is -2.09. The van der Waals surface area contributed by atoms with Crippen molar-refractivity contribution in [2.45, 2.75) is 25.7 Å². The summed E-state index contributed by atoms with van der Waals surface area (Å²) >= 11 is 11.8. The normalized spacial score (nSPS) is 10.2. The summed E-state index contributed by atoms with van der Waals surface area (Å²) in [6.07, 6.45) is 1.73. The molecule has 0 saturated heterocycles. The zero-order chi connectivity index (χ0) is 15.7. The first-order valence-corrected chi connectivity index (χ1v) is 7.38. The molecule has 1 rings (SSSR count). The summed E-state index contributed by atoms with van der Waals surface area (Å²) < 4.78 is 5.47. The number of carbonyl (C=O) groups is 2. The first kappa shape index (κ1) is 17.6. The summed E-state index contributed by atoms with van der Waals surface area (Å²) in [5.74, 6) is 0.0577. The van der Waals surface area contributed by atoms with Gasteiger partial charge in [-0.1, -0.05) is 29.3 Å². The number of nitrogens with two attached hydrogens (primary N) is 1. The van der Waals surface area contributed by atoms with Gasteiger partial charge in [-0.2, -0.15) is 0 Å². The number of amides is 2. The van der Waals surface area contributed by atoms with Crippen molar-refractivity contribution in [2.75, 3.05) is 13.2 Å². The van der Waals surface area contributed by atoms with Crippen LogP contribution in [0.3, 0.4) is 0 Å². The van der Waals surface area contributed by atoms with Gasteiger partial charge in [-0.25, -0.2) is 0 Å². The Morgan fingerprint density at radius 1 is 1.19 bits per heavy atom. The number of benzene rings is 1. The Kier molecular flexibility index (Phi) is 7.93. The van der Waals surface area contributed by atoms with Crippen LogP contribution in [0.5, 0.6) is 5.75 Å². The molecule has 0 aliphatic rings. The molecule has 0 unspecified atom stereocenters. The number of hydrogen-bond donors (Lipinski definition) is 2. The minimum Gasteiger partial charge on any atom is -0.492 e. The van der Waals surface area contributed by atoms with Gasteiger partial charge < -0.3 is 15.8 Å². The van der Waals surface area contributed by atoms with Crippen molar-refractivity contribution in [1.82, 2.24) is 5.32 Å². The van der Waals surface area contributed by atoms with Gasteiger partial charge in [0, 0.05) is 19.4 Å². The first-order valence-electron chi connectivity index (χ1n) is 6.62. The highest BCUT2D eigenvalue weighted by Crippen LogP contribution is 2.31. The zero-order valence-corrected chi connectivity index (χ0v) is 13.0. The summed E-state index contributed by atoms with van der Waals surface area (Å²) in [6, 6.07) is 5.14. The van der Waals surface area contributed by atoms with Gasteiger partial charge in [-0.05, 0) is 25.0 Å². The molecule has 0 aliphatic heterocycles. The van der Waals surface area contributed by atoms with Crippen molar-refractivity contribution in [2.24, 2.45) is 5.73 Å². The van der Waals surface area contributed by atoms with Crippen molar-refractivity contribution >= 4 is 35.0 Å². The topological polar surface area (TPSA) is 81.4 Å². The van der Waals surface area contributed by atoms with Crippen molar-refractivity contribution in [1.29, 1.82) is 0 Å².